The predicted octanol–water partition coefficient (Wildman–Crippen LogP) is 2.25. The van der Waals surface area contributed by atoms with Crippen LogP contribution >= 0.6 is 23.4 Å². The molecule has 1 N–H and O–H groups in total. The lowest BCUT2D eigenvalue weighted by Crippen LogP contribution is -2.23. The van der Waals surface area contributed by atoms with Crippen molar-refractivity contribution in [1.82, 2.24) is 5.32 Å². The van der Waals surface area contributed by atoms with Crippen LogP contribution in [0.15, 0.2) is 24.3 Å². The molecule has 0 heterocycles. The molecule has 1 amide bonds. The van der Waals surface area contributed by atoms with Gasteiger partial charge in [-0.05, 0) is 11.6 Å². The Kier molecular flexibility index (Phi) is 7.36. The van der Waals surface area contributed by atoms with Crippen molar-refractivity contribution in [2.24, 2.45) is 0 Å². The maximum atomic E-state index is 11.6. The number of thioether (sulfide) groups is 1. The molecule has 0 saturated heterocycles. The Morgan fingerprint density at radius 2 is 2.11 bits per heavy atom. The summed E-state index contributed by atoms with van der Waals surface area (Å²) in [6.45, 7) is 0.417. The molecule has 6 heteroatoms. The van der Waals surface area contributed by atoms with E-state index in [0.29, 0.717) is 23.7 Å². The van der Waals surface area contributed by atoms with Crippen molar-refractivity contribution in [3.05, 3.63) is 34.9 Å². The molecule has 0 aliphatic heterocycles. The summed E-state index contributed by atoms with van der Waals surface area (Å²) in [6, 6.07) is 7.38. The Hall–Kier alpha value is -1.20. The summed E-state index contributed by atoms with van der Waals surface area (Å²) in [7, 11) is 1.35. The van der Waals surface area contributed by atoms with Gasteiger partial charge in [0.15, 0.2) is 0 Å². The van der Waals surface area contributed by atoms with Gasteiger partial charge in [0.05, 0.1) is 12.9 Å². The van der Waals surface area contributed by atoms with Gasteiger partial charge in [-0.2, -0.15) is 0 Å². The van der Waals surface area contributed by atoms with E-state index in [1.807, 2.05) is 18.2 Å². The summed E-state index contributed by atoms with van der Waals surface area (Å²) in [6.07, 6.45) is 0.367. The summed E-state index contributed by atoms with van der Waals surface area (Å²) < 4.78 is 4.50. The summed E-state index contributed by atoms with van der Waals surface area (Å²) in [5.41, 5.74) is 0.889. The second kappa shape index (κ2) is 8.82. The molecule has 0 aromatic heterocycles. The summed E-state index contributed by atoms with van der Waals surface area (Å²) in [5.74, 6) is 0.524. The number of hydrogen-bond donors (Lipinski definition) is 1. The largest absolute Gasteiger partial charge is 0.468 e. The van der Waals surface area contributed by atoms with Crippen molar-refractivity contribution in [1.29, 1.82) is 0 Å². The smallest absolute Gasteiger partial charge is 0.315 e. The molecule has 0 saturated carbocycles. The molecule has 1 rings (SSSR count). The fraction of sp³-hybridized carbons (Fsp3) is 0.385. The quantitative estimate of drug-likeness (QED) is 0.620. The molecule has 19 heavy (non-hydrogen) atoms. The number of nitrogens with one attached hydrogen (secondary N) is 1. The number of methoxy groups -OCH3 is 1. The highest BCUT2D eigenvalue weighted by Crippen LogP contribution is 2.14. The third-order valence-corrected chi connectivity index (χ3v) is 3.66. The Labute approximate surface area is 121 Å². The van der Waals surface area contributed by atoms with Crippen LogP contribution in [0.4, 0.5) is 0 Å². The zero-order chi connectivity index (χ0) is 14.1. The molecule has 0 unspecified atom stereocenters. The van der Waals surface area contributed by atoms with E-state index < -0.39 is 0 Å². The van der Waals surface area contributed by atoms with E-state index in [0.717, 1.165) is 5.56 Å². The lowest BCUT2D eigenvalue weighted by Gasteiger charge is -2.06. The average Bonchev–Trinajstić information content (AvgIpc) is 2.42. The number of esters is 1. The standard InChI is InChI=1S/C13H16ClNO3S/c1-18-13(17)9-19-7-6-12(16)15-8-10-4-2-3-5-11(10)14/h2-5H,6-9H2,1H3,(H,15,16). The van der Waals surface area contributed by atoms with Gasteiger partial charge < -0.3 is 10.1 Å². The number of hydrogen-bond acceptors (Lipinski definition) is 4. The third kappa shape index (κ3) is 6.50. The molecule has 1 aromatic rings. The van der Waals surface area contributed by atoms with E-state index in [1.54, 1.807) is 6.07 Å². The molecule has 4 nitrogen and oxygen atoms in total. The summed E-state index contributed by atoms with van der Waals surface area (Å²) in [4.78, 5) is 22.4. The maximum absolute atomic E-state index is 11.6. The number of halogens is 1. The van der Waals surface area contributed by atoms with E-state index in [-0.39, 0.29) is 17.6 Å². The van der Waals surface area contributed by atoms with Crippen LogP contribution in [-0.2, 0) is 20.9 Å². The first-order valence-corrected chi connectivity index (χ1v) is 7.31. The highest BCUT2D eigenvalue weighted by molar-refractivity contribution is 7.99. The van der Waals surface area contributed by atoms with Crippen molar-refractivity contribution in [3.8, 4) is 0 Å². The fourth-order valence-corrected chi connectivity index (χ4v) is 2.26. The van der Waals surface area contributed by atoms with E-state index in [4.69, 9.17) is 11.6 Å². The molecule has 0 spiro atoms. The topological polar surface area (TPSA) is 55.4 Å². The predicted molar refractivity (Wildman–Crippen MR) is 77.3 cm³/mol. The van der Waals surface area contributed by atoms with Gasteiger partial charge in [0, 0.05) is 23.7 Å². The van der Waals surface area contributed by atoms with Gasteiger partial charge in [-0.3, -0.25) is 9.59 Å². The van der Waals surface area contributed by atoms with Gasteiger partial charge in [0.25, 0.3) is 0 Å². The second-order valence-corrected chi connectivity index (χ2v) is 5.26. The Morgan fingerprint density at radius 3 is 2.79 bits per heavy atom. The minimum absolute atomic E-state index is 0.0581. The molecule has 0 fully saturated rings. The highest BCUT2D eigenvalue weighted by Gasteiger charge is 2.05. The van der Waals surface area contributed by atoms with Crippen LogP contribution in [0.3, 0.4) is 0 Å². The van der Waals surface area contributed by atoms with Crippen LogP contribution in [0.2, 0.25) is 5.02 Å². The monoisotopic (exact) mass is 301 g/mol. The van der Waals surface area contributed by atoms with Crippen molar-refractivity contribution in [2.75, 3.05) is 18.6 Å². The molecule has 0 radical (unpaired) electrons. The number of ether oxygens (including phenoxy) is 1. The van der Waals surface area contributed by atoms with Crippen LogP contribution in [0.5, 0.6) is 0 Å². The van der Waals surface area contributed by atoms with E-state index in [2.05, 4.69) is 10.1 Å². The SMILES string of the molecule is COC(=O)CSCCC(=O)NCc1ccccc1Cl. The van der Waals surface area contributed by atoms with Gasteiger partial charge in [0.2, 0.25) is 5.91 Å². The number of carbonyl (C=O) groups is 2. The third-order valence-electron chi connectivity index (χ3n) is 2.35. The van der Waals surface area contributed by atoms with Gasteiger partial charge in [-0.1, -0.05) is 29.8 Å². The molecule has 104 valence electrons. The number of rotatable bonds is 7. The van der Waals surface area contributed by atoms with Crippen molar-refractivity contribution in [3.63, 3.8) is 0 Å². The molecule has 0 atom stereocenters. The number of amides is 1. The Morgan fingerprint density at radius 1 is 1.37 bits per heavy atom. The lowest BCUT2D eigenvalue weighted by molar-refractivity contribution is -0.137. The van der Waals surface area contributed by atoms with Crippen LogP contribution in [-0.4, -0.2) is 30.5 Å². The molecule has 0 aliphatic rings. The van der Waals surface area contributed by atoms with Gasteiger partial charge >= 0.3 is 5.97 Å². The zero-order valence-corrected chi connectivity index (χ0v) is 12.2. The summed E-state index contributed by atoms with van der Waals surface area (Å²) >= 11 is 7.36. The average molecular weight is 302 g/mol. The first kappa shape index (κ1) is 15.9. The Bertz CT molecular complexity index is 440. The normalized spacial score (nSPS) is 10.0. The number of carbonyl (C=O) groups excluding carboxylic acids is 2. The number of benzene rings is 1. The Balaban J connectivity index is 2.18. The molecule has 0 aliphatic carbocycles. The van der Waals surface area contributed by atoms with Crippen LogP contribution in [0.1, 0.15) is 12.0 Å². The van der Waals surface area contributed by atoms with Crippen LogP contribution in [0.25, 0.3) is 0 Å². The minimum atomic E-state index is -0.276. The first-order chi connectivity index (χ1) is 9.13. The van der Waals surface area contributed by atoms with Gasteiger partial charge in [-0.15, -0.1) is 11.8 Å². The van der Waals surface area contributed by atoms with Crippen molar-refractivity contribution in [2.45, 2.75) is 13.0 Å². The molecule has 1 aromatic carbocycles. The van der Waals surface area contributed by atoms with E-state index in [9.17, 15) is 9.59 Å². The minimum Gasteiger partial charge on any atom is -0.468 e. The van der Waals surface area contributed by atoms with Gasteiger partial charge in [0.1, 0.15) is 0 Å². The lowest BCUT2D eigenvalue weighted by atomic mass is 10.2. The highest BCUT2D eigenvalue weighted by atomic mass is 35.5. The van der Waals surface area contributed by atoms with E-state index in [1.165, 1.54) is 18.9 Å². The fourth-order valence-electron chi connectivity index (χ4n) is 1.30. The second-order valence-electron chi connectivity index (χ2n) is 3.75. The summed E-state index contributed by atoms with van der Waals surface area (Å²) in [5, 5.41) is 3.43. The molecular weight excluding hydrogens is 286 g/mol. The maximum Gasteiger partial charge on any atom is 0.315 e. The molecule has 0 bridgehead atoms. The van der Waals surface area contributed by atoms with Gasteiger partial charge in [-0.25, -0.2) is 0 Å². The van der Waals surface area contributed by atoms with Crippen molar-refractivity contribution < 1.29 is 14.3 Å². The van der Waals surface area contributed by atoms with E-state index >= 15 is 0 Å². The zero-order valence-electron chi connectivity index (χ0n) is 10.6. The van der Waals surface area contributed by atoms with Crippen LogP contribution in [0, 0.1) is 0 Å². The first-order valence-electron chi connectivity index (χ1n) is 5.78. The van der Waals surface area contributed by atoms with Crippen LogP contribution < -0.4 is 5.32 Å². The molecular formula is C13H16ClNO3S. The van der Waals surface area contributed by atoms with Crippen molar-refractivity contribution >= 4 is 35.2 Å².